The Hall–Kier alpha value is -2.12. The summed E-state index contributed by atoms with van der Waals surface area (Å²) in [4.78, 5) is 37.8. The summed E-state index contributed by atoms with van der Waals surface area (Å²) < 4.78 is 0. The summed E-state index contributed by atoms with van der Waals surface area (Å²) in [5, 5.41) is 2.16. The molecule has 0 aromatic heterocycles. The van der Waals surface area contributed by atoms with Crippen LogP contribution in [0, 0.1) is 0 Å². The molecule has 2 fully saturated rings. The first-order valence-electron chi connectivity index (χ1n) is 7.21. The number of nitrogens with two attached hydrogens (primary N) is 1. The predicted molar refractivity (Wildman–Crippen MR) is 86.1 cm³/mol. The molecule has 7 nitrogen and oxygen atoms in total. The normalized spacial score (nSPS) is 23.7. The number of benzene rings is 1. The second-order valence-electron chi connectivity index (χ2n) is 5.69. The average Bonchev–Trinajstić information content (AvgIpc) is 3.03. The molecule has 0 radical (unpaired) electrons. The van der Waals surface area contributed by atoms with Crippen molar-refractivity contribution in [3.8, 4) is 0 Å². The van der Waals surface area contributed by atoms with Crippen LogP contribution in [-0.4, -0.2) is 59.9 Å². The number of carbonyl (C=O) groups is 3. The lowest BCUT2D eigenvalue weighted by atomic mass is 9.95. The Morgan fingerprint density at radius 3 is 2.52 bits per heavy atom. The van der Waals surface area contributed by atoms with Crippen LogP contribution in [0.15, 0.2) is 30.3 Å². The number of hydrogen-bond donors (Lipinski definition) is 2. The van der Waals surface area contributed by atoms with Gasteiger partial charge in [-0.05, 0) is 5.56 Å². The van der Waals surface area contributed by atoms with E-state index in [1.54, 1.807) is 4.90 Å². The van der Waals surface area contributed by atoms with Crippen LogP contribution in [-0.2, 0) is 9.59 Å². The highest BCUT2D eigenvalue weighted by atomic mass is 35.5. The first-order valence-corrected chi connectivity index (χ1v) is 7.21. The van der Waals surface area contributed by atoms with Gasteiger partial charge in [0.15, 0.2) is 0 Å². The maximum atomic E-state index is 12.3. The topological polar surface area (TPSA) is 95.7 Å². The van der Waals surface area contributed by atoms with E-state index >= 15 is 0 Å². The van der Waals surface area contributed by atoms with Gasteiger partial charge in [-0.1, -0.05) is 30.3 Å². The van der Waals surface area contributed by atoms with Crippen LogP contribution in [0.2, 0.25) is 0 Å². The summed E-state index contributed by atoms with van der Waals surface area (Å²) in [7, 11) is 0. The number of carbonyl (C=O) groups excluding carboxylic acids is 3. The van der Waals surface area contributed by atoms with E-state index in [1.807, 2.05) is 30.3 Å². The third kappa shape index (κ3) is 3.62. The molecule has 0 spiro atoms. The zero-order valence-corrected chi connectivity index (χ0v) is 13.3. The van der Waals surface area contributed by atoms with Gasteiger partial charge in [0.05, 0.1) is 0 Å². The highest BCUT2D eigenvalue weighted by molar-refractivity contribution is 6.03. The van der Waals surface area contributed by atoms with Gasteiger partial charge in [-0.3, -0.25) is 14.9 Å². The van der Waals surface area contributed by atoms with E-state index in [9.17, 15) is 14.4 Å². The van der Waals surface area contributed by atoms with Crippen molar-refractivity contribution >= 4 is 30.3 Å². The molecule has 1 aromatic carbocycles. The van der Waals surface area contributed by atoms with Gasteiger partial charge >= 0.3 is 6.03 Å². The zero-order valence-electron chi connectivity index (χ0n) is 12.5. The number of imide groups is 1. The predicted octanol–water partition coefficient (Wildman–Crippen LogP) is -0.0867. The van der Waals surface area contributed by atoms with Gasteiger partial charge in [-0.25, -0.2) is 4.79 Å². The third-order valence-electron chi connectivity index (χ3n) is 4.14. The van der Waals surface area contributed by atoms with Gasteiger partial charge < -0.3 is 15.5 Å². The minimum Gasteiger partial charge on any atom is -0.339 e. The molecule has 4 amide bonds. The molecule has 2 heterocycles. The second kappa shape index (κ2) is 6.97. The molecule has 2 aliphatic heterocycles. The van der Waals surface area contributed by atoms with Gasteiger partial charge in [0.1, 0.15) is 13.1 Å². The zero-order chi connectivity index (χ0) is 15.7. The molecule has 23 heavy (non-hydrogen) atoms. The summed E-state index contributed by atoms with van der Waals surface area (Å²) in [6.07, 6.45) is 0. The standard InChI is InChI=1S/C15H18N4O3.ClH/c16-12-7-18(6-11(12)10-4-2-1-3-5-10)14(21)9-19-8-13(20)17-15(19)22;/h1-5,11-12H,6-9,16H2,(H,17,20,22);1H/t11-,12+;/m0./s1. The summed E-state index contributed by atoms with van der Waals surface area (Å²) in [5.41, 5.74) is 7.27. The lowest BCUT2D eigenvalue weighted by molar-refractivity contribution is -0.130. The van der Waals surface area contributed by atoms with E-state index in [0.717, 1.165) is 5.56 Å². The largest absolute Gasteiger partial charge is 0.339 e. The van der Waals surface area contributed by atoms with Gasteiger partial charge in [0.2, 0.25) is 11.8 Å². The number of rotatable bonds is 3. The van der Waals surface area contributed by atoms with Crippen LogP contribution in [0.1, 0.15) is 11.5 Å². The highest BCUT2D eigenvalue weighted by Gasteiger charge is 2.36. The highest BCUT2D eigenvalue weighted by Crippen LogP contribution is 2.26. The fraction of sp³-hybridized carbons (Fsp3) is 0.400. The molecule has 2 saturated heterocycles. The minimum atomic E-state index is -0.513. The molecule has 0 bridgehead atoms. The van der Waals surface area contributed by atoms with Gasteiger partial charge in [-0.15, -0.1) is 12.4 Å². The van der Waals surface area contributed by atoms with Crippen molar-refractivity contribution in [1.29, 1.82) is 0 Å². The van der Waals surface area contributed by atoms with Crippen molar-refractivity contribution in [2.24, 2.45) is 5.73 Å². The summed E-state index contributed by atoms with van der Waals surface area (Å²) in [6.45, 7) is 0.841. The monoisotopic (exact) mass is 338 g/mol. The van der Waals surface area contributed by atoms with Crippen molar-refractivity contribution in [3.05, 3.63) is 35.9 Å². The Morgan fingerprint density at radius 1 is 1.22 bits per heavy atom. The fourth-order valence-electron chi connectivity index (χ4n) is 2.96. The van der Waals surface area contributed by atoms with Crippen LogP contribution < -0.4 is 11.1 Å². The Kier molecular flexibility index (Phi) is 5.23. The molecule has 3 N–H and O–H groups in total. The van der Waals surface area contributed by atoms with Crippen LogP contribution in [0.5, 0.6) is 0 Å². The smallest absolute Gasteiger partial charge is 0.325 e. The molecule has 3 rings (SSSR count). The summed E-state index contributed by atoms with van der Waals surface area (Å²) in [5.74, 6) is -0.462. The van der Waals surface area contributed by atoms with Crippen LogP contribution >= 0.6 is 12.4 Å². The third-order valence-corrected chi connectivity index (χ3v) is 4.14. The fourth-order valence-corrected chi connectivity index (χ4v) is 2.96. The molecule has 124 valence electrons. The molecule has 1 aromatic rings. The first kappa shape index (κ1) is 17.2. The molecule has 0 saturated carbocycles. The lowest BCUT2D eigenvalue weighted by Crippen LogP contribution is -2.41. The molecular weight excluding hydrogens is 320 g/mol. The Morgan fingerprint density at radius 2 is 1.91 bits per heavy atom. The molecular formula is C15H19ClN4O3. The van der Waals surface area contributed by atoms with Gasteiger partial charge in [0, 0.05) is 25.0 Å². The summed E-state index contributed by atoms with van der Waals surface area (Å²) >= 11 is 0. The molecule has 0 unspecified atom stereocenters. The van der Waals surface area contributed by atoms with Crippen molar-refractivity contribution in [1.82, 2.24) is 15.1 Å². The van der Waals surface area contributed by atoms with Gasteiger partial charge in [-0.2, -0.15) is 0 Å². The molecule has 2 atom stereocenters. The number of amides is 4. The van der Waals surface area contributed by atoms with E-state index in [4.69, 9.17) is 5.73 Å². The number of nitrogens with one attached hydrogen (secondary N) is 1. The van der Waals surface area contributed by atoms with Crippen LogP contribution in [0.4, 0.5) is 4.79 Å². The first-order chi connectivity index (χ1) is 10.5. The van der Waals surface area contributed by atoms with E-state index < -0.39 is 6.03 Å². The van der Waals surface area contributed by atoms with Crippen molar-refractivity contribution in [2.45, 2.75) is 12.0 Å². The number of nitrogens with zero attached hydrogens (tertiary/aromatic N) is 2. The van der Waals surface area contributed by atoms with Crippen LogP contribution in [0.25, 0.3) is 0 Å². The van der Waals surface area contributed by atoms with E-state index in [2.05, 4.69) is 5.32 Å². The summed E-state index contributed by atoms with van der Waals surface area (Å²) in [6, 6.07) is 9.22. The Bertz CT molecular complexity index is 610. The SMILES string of the molecule is Cl.N[C@@H]1CN(C(=O)CN2CC(=O)NC2=O)C[C@H]1c1ccccc1. The lowest BCUT2D eigenvalue weighted by Gasteiger charge is -2.20. The van der Waals surface area contributed by atoms with Crippen molar-refractivity contribution < 1.29 is 14.4 Å². The van der Waals surface area contributed by atoms with Crippen molar-refractivity contribution in [3.63, 3.8) is 0 Å². The second-order valence-corrected chi connectivity index (χ2v) is 5.69. The Labute approximate surface area is 140 Å². The quantitative estimate of drug-likeness (QED) is 0.753. The maximum absolute atomic E-state index is 12.3. The molecule has 8 heteroatoms. The number of halogens is 1. The maximum Gasteiger partial charge on any atom is 0.325 e. The van der Waals surface area contributed by atoms with E-state index in [0.29, 0.717) is 13.1 Å². The molecule has 2 aliphatic rings. The number of hydrogen-bond acceptors (Lipinski definition) is 4. The van der Waals surface area contributed by atoms with E-state index in [-0.39, 0.29) is 49.3 Å². The van der Waals surface area contributed by atoms with Crippen molar-refractivity contribution in [2.75, 3.05) is 26.2 Å². The minimum absolute atomic E-state index is 0. The average molecular weight is 339 g/mol. The van der Waals surface area contributed by atoms with Gasteiger partial charge in [0.25, 0.3) is 0 Å². The van der Waals surface area contributed by atoms with Crippen LogP contribution in [0.3, 0.4) is 0 Å². The van der Waals surface area contributed by atoms with E-state index in [1.165, 1.54) is 4.90 Å². The Balaban J connectivity index is 0.00000192. The number of likely N-dealkylation sites (tertiary alicyclic amines) is 1. The molecule has 0 aliphatic carbocycles. The number of urea groups is 1.